The molecule has 0 radical (unpaired) electrons. The van der Waals surface area contributed by atoms with Gasteiger partial charge < -0.3 is 10.5 Å². The highest BCUT2D eigenvalue weighted by molar-refractivity contribution is 5.27. The molecule has 3 nitrogen and oxygen atoms in total. The fraction of sp³-hybridized carbons (Fsp3) is 0.600. The van der Waals surface area contributed by atoms with Crippen molar-refractivity contribution in [3.8, 4) is 5.75 Å². The number of methoxy groups -OCH3 is 1. The van der Waals surface area contributed by atoms with Gasteiger partial charge in [-0.25, -0.2) is 0 Å². The topological polar surface area (TPSA) is 38.5 Å². The molecule has 0 aromatic heterocycles. The predicted molar refractivity (Wildman–Crippen MR) is 74.7 cm³/mol. The van der Waals surface area contributed by atoms with Crippen LogP contribution in [0.3, 0.4) is 0 Å². The first-order chi connectivity index (χ1) is 8.70. The molecule has 0 aliphatic heterocycles. The third-order valence-electron chi connectivity index (χ3n) is 4.30. The molecule has 1 aliphatic carbocycles. The number of nitrogens with two attached hydrogens (primary N) is 1. The second kappa shape index (κ2) is 5.72. The SMILES string of the molecule is COc1ccc(CN(C)C2(CN)CCCC2)cc1. The van der Waals surface area contributed by atoms with Crippen LogP contribution in [0.2, 0.25) is 0 Å². The molecule has 2 rings (SSSR count). The maximum Gasteiger partial charge on any atom is 0.118 e. The third kappa shape index (κ3) is 2.68. The highest BCUT2D eigenvalue weighted by Gasteiger charge is 2.36. The molecule has 0 heterocycles. The third-order valence-corrected chi connectivity index (χ3v) is 4.30. The molecule has 1 fully saturated rings. The zero-order valence-corrected chi connectivity index (χ0v) is 11.5. The monoisotopic (exact) mass is 248 g/mol. The second-order valence-corrected chi connectivity index (χ2v) is 5.34. The van der Waals surface area contributed by atoms with Crippen LogP contribution in [0.25, 0.3) is 0 Å². The summed E-state index contributed by atoms with van der Waals surface area (Å²) in [6.45, 7) is 1.72. The number of hydrogen-bond acceptors (Lipinski definition) is 3. The van der Waals surface area contributed by atoms with Crippen molar-refractivity contribution in [2.75, 3.05) is 20.7 Å². The highest BCUT2D eigenvalue weighted by atomic mass is 16.5. The Morgan fingerprint density at radius 1 is 1.22 bits per heavy atom. The van der Waals surface area contributed by atoms with Gasteiger partial charge in [-0.2, -0.15) is 0 Å². The maximum atomic E-state index is 6.01. The fourth-order valence-electron chi connectivity index (χ4n) is 2.95. The molecule has 100 valence electrons. The Morgan fingerprint density at radius 3 is 2.33 bits per heavy atom. The molecule has 0 unspecified atom stereocenters. The molecule has 1 saturated carbocycles. The van der Waals surface area contributed by atoms with Crippen molar-refractivity contribution >= 4 is 0 Å². The van der Waals surface area contributed by atoms with E-state index in [1.54, 1.807) is 7.11 Å². The lowest BCUT2D eigenvalue weighted by Crippen LogP contribution is -2.49. The van der Waals surface area contributed by atoms with Crippen molar-refractivity contribution in [3.63, 3.8) is 0 Å². The van der Waals surface area contributed by atoms with E-state index < -0.39 is 0 Å². The van der Waals surface area contributed by atoms with Crippen molar-refractivity contribution < 1.29 is 4.74 Å². The van der Waals surface area contributed by atoms with E-state index in [0.717, 1.165) is 18.8 Å². The van der Waals surface area contributed by atoms with Crippen molar-refractivity contribution in [1.82, 2.24) is 4.90 Å². The Labute approximate surface area is 110 Å². The molecular weight excluding hydrogens is 224 g/mol. The van der Waals surface area contributed by atoms with Crippen LogP contribution in [-0.4, -0.2) is 31.1 Å². The van der Waals surface area contributed by atoms with Gasteiger partial charge in [0.2, 0.25) is 0 Å². The molecule has 0 atom stereocenters. The number of rotatable bonds is 5. The van der Waals surface area contributed by atoms with Crippen molar-refractivity contribution in [2.45, 2.75) is 37.8 Å². The molecule has 3 heteroatoms. The van der Waals surface area contributed by atoms with Gasteiger partial charge >= 0.3 is 0 Å². The van der Waals surface area contributed by atoms with Gasteiger partial charge in [-0.05, 0) is 37.6 Å². The van der Waals surface area contributed by atoms with E-state index in [1.807, 2.05) is 12.1 Å². The van der Waals surface area contributed by atoms with Gasteiger partial charge in [-0.1, -0.05) is 25.0 Å². The number of nitrogens with zero attached hydrogens (tertiary/aromatic N) is 1. The average molecular weight is 248 g/mol. The van der Waals surface area contributed by atoms with Gasteiger partial charge in [-0.15, -0.1) is 0 Å². The summed E-state index contributed by atoms with van der Waals surface area (Å²) in [6.07, 6.45) is 5.08. The van der Waals surface area contributed by atoms with Crippen LogP contribution in [0, 0.1) is 0 Å². The number of ether oxygens (including phenoxy) is 1. The molecule has 0 saturated heterocycles. The molecule has 0 spiro atoms. The largest absolute Gasteiger partial charge is 0.497 e. The minimum Gasteiger partial charge on any atom is -0.497 e. The van der Waals surface area contributed by atoms with Gasteiger partial charge in [0.25, 0.3) is 0 Å². The van der Waals surface area contributed by atoms with Crippen molar-refractivity contribution in [1.29, 1.82) is 0 Å². The van der Waals surface area contributed by atoms with Gasteiger partial charge in [0.15, 0.2) is 0 Å². The molecule has 0 amide bonds. The Morgan fingerprint density at radius 2 is 1.83 bits per heavy atom. The number of hydrogen-bond donors (Lipinski definition) is 1. The van der Waals surface area contributed by atoms with Crippen LogP contribution >= 0.6 is 0 Å². The Balaban J connectivity index is 2.03. The molecular formula is C15H24N2O. The molecule has 18 heavy (non-hydrogen) atoms. The van der Waals surface area contributed by atoms with Crippen LogP contribution in [-0.2, 0) is 6.54 Å². The minimum absolute atomic E-state index is 0.222. The van der Waals surface area contributed by atoms with Crippen molar-refractivity contribution in [3.05, 3.63) is 29.8 Å². The Bertz CT molecular complexity index is 369. The van der Waals surface area contributed by atoms with E-state index in [0.29, 0.717) is 0 Å². The zero-order chi connectivity index (χ0) is 13.0. The summed E-state index contributed by atoms with van der Waals surface area (Å²) in [5, 5.41) is 0. The molecule has 1 aliphatic rings. The van der Waals surface area contributed by atoms with Gasteiger partial charge in [0.1, 0.15) is 5.75 Å². The summed E-state index contributed by atoms with van der Waals surface area (Å²) in [4.78, 5) is 2.43. The summed E-state index contributed by atoms with van der Waals surface area (Å²) >= 11 is 0. The summed E-state index contributed by atoms with van der Waals surface area (Å²) in [7, 11) is 3.89. The van der Waals surface area contributed by atoms with Crippen LogP contribution in [0.5, 0.6) is 5.75 Å². The molecule has 0 bridgehead atoms. The second-order valence-electron chi connectivity index (χ2n) is 5.34. The quantitative estimate of drug-likeness (QED) is 0.869. The van der Waals surface area contributed by atoms with Crippen LogP contribution < -0.4 is 10.5 Å². The normalized spacial score (nSPS) is 18.2. The number of likely N-dealkylation sites (N-methyl/N-ethyl adjacent to an activating group) is 1. The van der Waals surface area contributed by atoms with Crippen molar-refractivity contribution in [2.24, 2.45) is 5.73 Å². The van der Waals surface area contributed by atoms with Crippen LogP contribution in [0.15, 0.2) is 24.3 Å². The van der Waals surface area contributed by atoms with Gasteiger partial charge in [-0.3, -0.25) is 4.90 Å². The summed E-state index contributed by atoms with van der Waals surface area (Å²) in [5.41, 5.74) is 7.55. The first-order valence-corrected chi connectivity index (χ1v) is 6.74. The summed E-state index contributed by atoms with van der Waals surface area (Å²) in [6, 6.07) is 8.31. The lowest BCUT2D eigenvalue weighted by Gasteiger charge is -2.38. The maximum absolute atomic E-state index is 6.01. The van der Waals surface area contributed by atoms with Crippen LogP contribution in [0.1, 0.15) is 31.2 Å². The Kier molecular flexibility index (Phi) is 4.25. The predicted octanol–water partition coefficient (Wildman–Crippen LogP) is 2.40. The standard InChI is InChI=1S/C15H24N2O/c1-17(15(12-16)9-3-4-10-15)11-13-5-7-14(18-2)8-6-13/h5-8H,3-4,9-12,16H2,1-2H3. The van der Waals surface area contributed by atoms with E-state index in [2.05, 4.69) is 24.1 Å². The van der Waals surface area contributed by atoms with Gasteiger partial charge in [0, 0.05) is 18.6 Å². The smallest absolute Gasteiger partial charge is 0.118 e. The highest BCUT2D eigenvalue weighted by Crippen LogP contribution is 2.34. The van der Waals surface area contributed by atoms with E-state index in [-0.39, 0.29) is 5.54 Å². The molecule has 1 aromatic rings. The lowest BCUT2D eigenvalue weighted by atomic mass is 9.95. The zero-order valence-electron chi connectivity index (χ0n) is 11.5. The average Bonchev–Trinajstić information content (AvgIpc) is 2.89. The van der Waals surface area contributed by atoms with Gasteiger partial charge in [0.05, 0.1) is 7.11 Å². The molecule has 1 aromatic carbocycles. The van der Waals surface area contributed by atoms with E-state index in [9.17, 15) is 0 Å². The van der Waals surface area contributed by atoms with E-state index >= 15 is 0 Å². The van der Waals surface area contributed by atoms with Crippen LogP contribution in [0.4, 0.5) is 0 Å². The fourth-order valence-corrected chi connectivity index (χ4v) is 2.95. The Hall–Kier alpha value is -1.06. The minimum atomic E-state index is 0.222. The summed E-state index contributed by atoms with van der Waals surface area (Å²) in [5.74, 6) is 0.913. The van der Waals surface area contributed by atoms with E-state index in [1.165, 1.54) is 31.2 Å². The first-order valence-electron chi connectivity index (χ1n) is 6.74. The first kappa shape index (κ1) is 13.4. The molecule has 2 N–H and O–H groups in total. The lowest BCUT2D eigenvalue weighted by molar-refractivity contribution is 0.124. The number of benzene rings is 1. The summed E-state index contributed by atoms with van der Waals surface area (Å²) < 4.78 is 5.18. The van der Waals surface area contributed by atoms with E-state index in [4.69, 9.17) is 10.5 Å².